The molecule has 1 aliphatic rings. The molecule has 1 N–H and O–H groups in total. The molecule has 2 heterocycles. The average Bonchev–Trinajstić information content (AvgIpc) is 3.05. The van der Waals surface area contributed by atoms with E-state index in [0.29, 0.717) is 17.0 Å². The van der Waals surface area contributed by atoms with Gasteiger partial charge in [-0.3, -0.25) is 9.59 Å². The monoisotopic (exact) mass is 474 g/mol. The van der Waals surface area contributed by atoms with Gasteiger partial charge in [-0.2, -0.15) is 0 Å². The van der Waals surface area contributed by atoms with Crippen LogP contribution in [0.4, 0.5) is 0 Å². The molecule has 1 aliphatic heterocycles. The molecule has 1 aromatic heterocycles. The number of dihydropyridines is 1. The van der Waals surface area contributed by atoms with Gasteiger partial charge in [0.15, 0.2) is 6.61 Å². The van der Waals surface area contributed by atoms with Gasteiger partial charge in [0.2, 0.25) is 5.78 Å². The van der Waals surface area contributed by atoms with Crippen LogP contribution in [-0.4, -0.2) is 48.1 Å². The Morgan fingerprint density at radius 1 is 0.882 bits per heavy atom. The number of allylic oxidation sites excluding steroid dienone is 2. The molecule has 0 amide bonds. The first-order valence-corrected chi connectivity index (χ1v) is 11.5. The summed E-state index contributed by atoms with van der Waals surface area (Å²) in [6.07, 6.45) is 0.916. The molecule has 9 heteroatoms. The van der Waals surface area contributed by atoms with Crippen LogP contribution in [0.25, 0.3) is 0 Å². The molecule has 186 valence electrons. The highest BCUT2D eigenvalue weighted by atomic mass is 16.5. The first-order valence-electron chi connectivity index (χ1n) is 11.5. The SMILES string of the molecule is CCCn1c(C)cc(C(=O)COC(=O)C2C(C(=O)OCC)=C(C)NC(C)=C2C(=O)OCC)c1C. The largest absolute Gasteiger partial charge is 0.463 e. The quantitative estimate of drug-likeness (QED) is 0.313. The molecule has 34 heavy (non-hydrogen) atoms. The molecule has 0 atom stereocenters. The second-order valence-corrected chi connectivity index (χ2v) is 8.04. The van der Waals surface area contributed by atoms with Crippen LogP contribution in [0.15, 0.2) is 28.6 Å². The zero-order chi connectivity index (χ0) is 25.6. The van der Waals surface area contributed by atoms with Crippen LogP contribution in [-0.2, 0) is 35.1 Å². The molecule has 0 spiro atoms. The molecular weight excluding hydrogens is 440 g/mol. The lowest BCUT2D eigenvalue weighted by molar-refractivity contribution is -0.151. The fraction of sp³-hybridized carbons (Fsp3) is 0.520. The van der Waals surface area contributed by atoms with E-state index in [0.717, 1.165) is 24.4 Å². The number of ether oxygens (including phenoxy) is 3. The van der Waals surface area contributed by atoms with Crippen LogP contribution >= 0.6 is 0 Å². The van der Waals surface area contributed by atoms with Gasteiger partial charge < -0.3 is 24.1 Å². The molecule has 0 fully saturated rings. The summed E-state index contributed by atoms with van der Waals surface area (Å²) in [5, 5.41) is 2.94. The number of carbonyl (C=O) groups is 4. The van der Waals surface area contributed by atoms with Crippen LogP contribution in [0.2, 0.25) is 0 Å². The highest BCUT2D eigenvalue weighted by Crippen LogP contribution is 2.32. The van der Waals surface area contributed by atoms with Gasteiger partial charge in [0, 0.05) is 34.9 Å². The number of esters is 3. The first-order chi connectivity index (χ1) is 16.1. The predicted octanol–water partition coefficient (Wildman–Crippen LogP) is 3.13. The Bertz CT molecular complexity index is 1010. The minimum atomic E-state index is -1.38. The summed E-state index contributed by atoms with van der Waals surface area (Å²) in [5.41, 5.74) is 2.84. The minimum absolute atomic E-state index is 0.0472. The summed E-state index contributed by atoms with van der Waals surface area (Å²) in [5.74, 6) is -4.15. The summed E-state index contributed by atoms with van der Waals surface area (Å²) < 4.78 is 17.6. The van der Waals surface area contributed by atoms with Crippen LogP contribution in [0.5, 0.6) is 0 Å². The lowest BCUT2D eigenvalue weighted by Crippen LogP contribution is -2.38. The number of ketones is 1. The van der Waals surface area contributed by atoms with Crippen molar-refractivity contribution in [1.82, 2.24) is 9.88 Å². The van der Waals surface area contributed by atoms with Crippen LogP contribution in [0.3, 0.4) is 0 Å². The topological polar surface area (TPSA) is 113 Å². The highest BCUT2D eigenvalue weighted by molar-refractivity contribution is 6.06. The number of hydrogen-bond acceptors (Lipinski definition) is 8. The number of hydrogen-bond donors (Lipinski definition) is 1. The number of nitrogens with zero attached hydrogens (tertiary/aromatic N) is 1. The average molecular weight is 475 g/mol. The second-order valence-electron chi connectivity index (χ2n) is 8.04. The van der Waals surface area contributed by atoms with Crippen LogP contribution < -0.4 is 5.32 Å². The maximum atomic E-state index is 13.2. The molecular formula is C25H34N2O7. The Balaban J connectivity index is 2.35. The molecule has 0 bridgehead atoms. The third kappa shape index (κ3) is 5.58. The van der Waals surface area contributed by atoms with Gasteiger partial charge in [-0.15, -0.1) is 0 Å². The summed E-state index contributed by atoms with van der Waals surface area (Å²) in [7, 11) is 0. The number of aryl methyl sites for hydroxylation is 1. The Morgan fingerprint density at radius 2 is 1.41 bits per heavy atom. The Kier molecular flexibility index (Phi) is 9.23. The minimum Gasteiger partial charge on any atom is -0.463 e. The van der Waals surface area contributed by atoms with E-state index in [1.807, 2.05) is 18.4 Å². The second kappa shape index (κ2) is 11.7. The van der Waals surface area contributed by atoms with Crippen molar-refractivity contribution < 1.29 is 33.4 Å². The van der Waals surface area contributed by atoms with Crippen LogP contribution in [0, 0.1) is 19.8 Å². The van der Waals surface area contributed by atoms with E-state index in [1.54, 1.807) is 33.8 Å². The van der Waals surface area contributed by atoms with Gasteiger partial charge in [0.1, 0.15) is 5.92 Å². The highest BCUT2D eigenvalue weighted by Gasteiger charge is 2.42. The molecule has 0 saturated carbocycles. The third-order valence-corrected chi connectivity index (χ3v) is 5.65. The zero-order valence-corrected chi connectivity index (χ0v) is 21.0. The summed E-state index contributed by atoms with van der Waals surface area (Å²) >= 11 is 0. The Morgan fingerprint density at radius 3 is 1.88 bits per heavy atom. The van der Waals surface area contributed by atoms with Crippen molar-refractivity contribution in [2.24, 2.45) is 5.92 Å². The third-order valence-electron chi connectivity index (χ3n) is 5.65. The number of rotatable bonds is 10. The number of carbonyl (C=O) groups excluding carboxylic acids is 4. The molecule has 1 aromatic rings. The van der Waals surface area contributed by atoms with Crippen molar-refractivity contribution in [2.45, 2.75) is 61.4 Å². The number of aromatic nitrogens is 1. The van der Waals surface area contributed by atoms with Gasteiger partial charge in [-0.1, -0.05) is 6.92 Å². The van der Waals surface area contributed by atoms with Crippen molar-refractivity contribution in [1.29, 1.82) is 0 Å². The van der Waals surface area contributed by atoms with Crippen molar-refractivity contribution in [3.8, 4) is 0 Å². The van der Waals surface area contributed by atoms with Gasteiger partial charge in [-0.05, 0) is 54.0 Å². The van der Waals surface area contributed by atoms with Crippen molar-refractivity contribution in [2.75, 3.05) is 19.8 Å². The normalized spacial score (nSPS) is 14.1. The molecule has 0 saturated heterocycles. The summed E-state index contributed by atoms with van der Waals surface area (Å²) in [6, 6.07) is 1.77. The van der Waals surface area contributed by atoms with E-state index in [4.69, 9.17) is 14.2 Å². The predicted molar refractivity (Wildman–Crippen MR) is 125 cm³/mol. The summed E-state index contributed by atoms with van der Waals surface area (Å²) in [4.78, 5) is 51.5. The lowest BCUT2D eigenvalue weighted by Gasteiger charge is -2.28. The maximum Gasteiger partial charge on any atom is 0.337 e. The Labute approximate surface area is 200 Å². The van der Waals surface area contributed by atoms with Crippen molar-refractivity contribution >= 4 is 23.7 Å². The fourth-order valence-corrected chi connectivity index (χ4v) is 4.14. The molecule has 0 radical (unpaired) electrons. The first kappa shape index (κ1) is 26.9. The van der Waals surface area contributed by atoms with Gasteiger partial charge in [-0.25, -0.2) is 9.59 Å². The van der Waals surface area contributed by atoms with Gasteiger partial charge >= 0.3 is 17.9 Å². The molecule has 0 aromatic carbocycles. The van der Waals surface area contributed by atoms with Crippen LogP contribution in [0.1, 0.15) is 62.8 Å². The smallest absolute Gasteiger partial charge is 0.337 e. The zero-order valence-electron chi connectivity index (χ0n) is 21.0. The molecule has 0 aliphatic carbocycles. The number of nitrogens with one attached hydrogen (secondary N) is 1. The maximum absolute atomic E-state index is 13.2. The van der Waals surface area contributed by atoms with E-state index >= 15 is 0 Å². The standard InChI is InChI=1S/C25H34N2O7/c1-8-11-27-14(4)12-18(17(27)7)19(28)13-34-25(31)22-20(23(29)32-9-2)15(5)26-16(6)21(22)24(30)33-10-3/h12,22,26H,8-11,13H2,1-7H3. The number of Topliss-reactive ketones (excluding diaryl/α,β-unsaturated/α-hetero) is 1. The summed E-state index contributed by atoms with van der Waals surface area (Å²) in [6.45, 7) is 12.7. The van der Waals surface area contributed by atoms with Gasteiger partial charge in [0.05, 0.1) is 24.4 Å². The van der Waals surface area contributed by atoms with Crippen molar-refractivity contribution in [3.05, 3.63) is 45.6 Å². The molecule has 2 rings (SSSR count). The van der Waals surface area contributed by atoms with E-state index in [1.165, 1.54) is 0 Å². The van der Waals surface area contributed by atoms with E-state index in [-0.39, 0.29) is 30.1 Å². The Hall–Kier alpha value is -3.36. The van der Waals surface area contributed by atoms with E-state index in [2.05, 4.69) is 12.2 Å². The lowest BCUT2D eigenvalue weighted by atomic mass is 9.85. The van der Waals surface area contributed by atoms with E-state index < -0.39 is 30.4 Å². The van der Waals surface area contributed by atoms with Crippen molar-refractivity contribution in [3.63, 3.8) is 0 Å². The van der Waals surface area contributed by atoms with E-state index in [9.17, 15) is 19.2 Å². The fourth-order valence-electron chi connectivity index (χ4n) is 4.14. The van der Waals surface area contributed by atoms with Gasteiger partial charge in [0.25, 0.3) is 0 Å². The molecule has 0 unspecified atom stereocenters. The molecule has 9 nitrogen and oxygen atoms in total.